The van der Waals surface area contributed by atoms with Crippen molar-refractivity contribution < 1.29 is 8.42 Å². The van der Waals surface area contributed by atoms with Crippen molar-refractivity contribution in [2.75, 3.05) is 11.3 Å². The van der Waals surface area contributed by atoms with E-state index in [0.717, 1.165) is 24.4 Å². The van der Waals surface area contributed by atoms with Crippen molar-refractivity contribution >= 4 is 26.5 Å². The van der Waals surface area contributed by atoms with Crippen LogP contribution in [0.1, 0.15) is 30.3 Å². The Hall–Kier alpha value is -1.45. The molecule has 0 atom stereocenters. The van der Waals surface area contributed by atoms with E-state index in [-0.39, 0.29) is 5.03 Å². The van der Waals surface area contributed by atoms with E-state index in [2.05, 4.69) is 32.1 Å². The summed E-state index contributed by atoms with van der Waals surface area (Å²) < 4.78 is 27.3. The average molecular weight is 329 g/mol. The number of nitrogens with zero attached hydrogens (tertiary/aromatic N) is 2. The van der Waals surface area contributed by atoms with Gasteiger partial charge in [-0.2, -0.15) is 13.5 Å². The molecule has 0 unspecified atom stereocenters. The van der Waals surface area contributed by atoms with Crippen LogP contribution in [0.2, 0.25) is 0 Å². The fraction of sp³-hybridized carbons (Fsp3) is 0.500. The highest BCUT2D eigenvalue weighted by atomic mass is 32.2. The van der Waals surface area contributed by atoms with Gasteiger partial charge in [-0.25, -0.2) is 4.98 Å². The van der Waals surface area contributed by atoms with Crippen molar-refractivity contribution in [1.82, 2.24) is 20.5 Å². The highest BCUT2D eigenvalue weighted by Crippen LogP contribution is 2.22. The molecule has 2 aromatic rings. The van der Waals surface area contributed by atoms with Crippen LogP contribution in [0.5, 0.6) is 0 Å². The van der Waals surface area contributed by atoms with E-state index in [0.29, 0.717) is 17.2 Å². The number of aromatic amines is 1. The molecule has 0 amide bonds. The number of H-pyrrole nitrogens is 1. The number of sulfonamides is 1. The van der Waals surface area contributed by atoms with Gasteiger partial charge < -0.3 is 5.32 Å². The second-order valence-electron chi connectivity index (χ2n) is 4.71. The highest BCUT2D eigenvalue weighted by molar-refractivity contribution is 7.92. The van der Waals surface area contributed by atoms with Crippen molar-refractivity contribution in [3.8, 4) is 0 Å². The van der Waals surface area contributed by atoms with E-state index in [9.17, 15) is 8.42 Å². The molecule has 0 aliphatic heterocycles. The van der Waals surface area contributed by atoms with Gasteiger partial charge in [0.15, 0.2) is 5.13 Å². The molecule has 0 spiro atoms. The van der Waals surface area contributed by atoms with Crippen molar-refractivity contribution in [2.45, 2.75) is 38.8 Å². The van der Waals surface area contributed by atoms with E-state index < -0.39 is 10.0 Å². The molecule has 2 aromatic heterocycles. The maximum Gasteiger partial charge on any atom is 0.283 e. The van der Waals surface area contributed by atoms with E-state index >= 15 is 0 Å². The van der Waals surface area contributed by atoms with Crippen molar-refractivity contribution in [2.24, 2.45) is 0 Å². The first kappa shape index (κ1) is 15.9. The zero-order valence-corrected chi connectivity index (χ0v) is 13.9. The number of anilines is 1. The molecule has 116 valence electrons. The lowest BCUT2D eigenvalue weighted by Gasteiger charge is -2.07. The van der Waals surface area contributed by atoms with Gasteiger partial charge in [0.1, 0.15) is 0 Å². The van der Waals surface area contributed by atoms with Crippen molar-refractivity contribution in [3.63, 3.8) is 0 Å². The smallest absolute Gasteiger partial charge is 0.283 e. The van der Waals surface area contributed by atoms with E-state index in [1.807, 2.05) is 13.8 Å². The molecular weight excluding hydrogens is 310 g/mol. The Morgan fingerprint density at radius 2 is 2.14 bits per heavy atom. The molecule has 7 nitrogen and oxygen atoms in total. The number of hydrogen-bond acceptors (Lipinski definition) is 6. The number of nitrogens with one attached hydrogen (secondary N) is 3. The first-order valence-corrected chi connectivity index (χ1v) is 9.00. The molecule has 0 radical (unpaired) electrons. The fourth-order valence-electron chi connectivity index (χ4n) is 1.81. The summed E-state index contributed by atoms with van der Waals surface area (Å²) in [5.41, 5.74) is 2.18. The third-order valence-electron chi connectivity index (χ3n) is 2.86. The van der Waals surface area contributed by atoms with Crippen molar-refractivity contribution in [1.29, 1.82) is 0 Å². The SMILES string of the molecule is CCCNCc1c(S(=O)(=O)Nc2nc(C)cs2)n[nH]c1C. The lowest BCUT2D eigenvalue weighted by Crippen LogP contribution is -2.19. The van der Waals surface area contributed by atoms with Crippen LogP contribution in [0.4, 0.5) is 5.13 Å². The zero-order chi connectivity index (χ0) is 15.5. The minimum Gasteiger partial charge on any atom is -0.313 e. The number of aromatic nitrogens is 3. The van der Waals surface area contributed by atoms with Gasteiger partial charge in [0, 0.05) is 23.2 Å². The molecule has 0 saturated carbocycles. The predicted octanol–water partition coefficient (Wildman–Crippen LogP) is 1.78. The Bertz CT molecular complexity index is 705. The zero-order valence-electron chi connectivity index (χ0n) is 12.2. The summed E-state index contributed by atoms with van der Waals surface area (Å²) in [7, 11) is -3.73. The van der Waals surface area contributed by atoms with Crippen LogP contribution < -0.4 is 10.0 Å². The molecule has 0 aromatic carbocycles. The normalized spacial score (nSPS) is 11.8. The fourth-order valence-corrected chi connectivity index (χ4v) is 3.96. The Morgan fingerprint density at radius 3 is 2.76 bits per heavy atom. The highest BCUT2D eigenvalue weighted by Gasteiger charge is 2.24. The molecule has 2 heterocycles. The Morgan fingerprint density at radius 1 is 1.38 bits per heavy atom. The first-order valence-electron chi connectivity index (χ1n) is 6.63. The third-order valence-corrected chi connectivity index (χ3v) is 5.17. The Kier molecular flexibility index (Phi) is 4.96. The molecular formula is C12H19N5O2S2. The maximum absolute atomic E-state index is 12.4. The lowest BCUT2D eigenvalue weighted by molar-refractivity contribution is 0.593. The summed E-state index contributed by atoms with van der Waals surface area (Å²) >= 11 is 1.25. The van der Waals surface area contributed by atoms with Crippen LogP contribution in [-0.4, -0.2) is 30.1 Å². The lowest BCUT2D eigenvalue weighted by atomic mass is 10.2. The quantitative estimate of drug-likeness (QED) is 0.672. The van der Waals surface area contributed by atoms with Gasteiger partial charge in [0.25, 0.3) is 10.0 Å². The minimum absolute atomic E-state index is 0.0245. The number of rotatable bonds is 7. The molecule has 21 heavy (non-hydrogen) atoms. The van der Waals surface area contributed by atoms with Gasteiger partial charge in [-0.1, -0.05) is 6.92 Å². The van der Waals surface area contributed by atoms with Crippen molar-refractivity contribution in [3.05, 3.63) is 22.3 Å². The van der Waals surface area contributed by atoms with Gasteiger partial charge in [-0.05, 0) is 26.8 Å². The van der Waals surface area contributed by atoms with Crippen LogP contribution >= 0.6 is 11.3 Å². The summed E-state index contributed by atoms with van der Waals surface area (Å²) in [4.78, 5) is 4.11. The second-order valence-corrected chi connectivity index (χ2v) is 7.16. The molecule has 3 N–H and O–H groups in total. The number of thiazole rings is 1. The van der Waals surface area contributed by atoms with Crippen LogP contribution in [0, 0.1) is 13.8 Å². The van der Waals surface area contributed by atoms with Gasteiger partial charge in [0.2, 0.25) is 5.03 Å². The van der Waals surface area contributed by atoms with Crippen LogP contribution in [-0.2, 0) is 16.6 Å². The summed E-state index contributed by atoms with van der Waals surface area (Å²) in [6.45, 7) is 6.96. The minimum atomic E-state index is -3.73. The van der Waals surface area contributed by atoms with Gasteiger partial charge in [-0.3, -0.25) is 9.82 Å². The Balaban J connectivity index is 2.23. The molecule has 0 saturated heterocycles. The summed E-state index contributed by atoms with van der Waals surface area (Å²) in [6, 6.07) is 0. The van der Waals surface area contributed by atoms with Gasteiger partial charge >= 0.3 is 0 Å². The number of aryl methyl sites for hydroxylation is 2. The summed E-state index contributed by atoms with van der Waals surface area (Å²) in [5.74, 6) is 0. The van der Waals surface area contributed by atoms with Gasteiger partial charge in [0.05, 0.1) is 5.69 Å². The average Bonchev–Trinajstić information content (AvgIpc) is 2.97. The molecule has 0 aliphatic carbocycles. The van der Waals surface area contributed by atoms with E-state index in [1.165, 1.54) is 11.3 Å². The molecule has 0 bridgehead atoms. The maximum atomic E-state index is 12.4. The Labute approximate surface area is 128 Å². The van der Waals surface area contributed by atoms with Crippen LogP contribution in [0.15, 0.2) is 10.4 Å². The monoisotopic (exact) mass is 329 g/mol. The molecule has 9 heteroatoms. The van der Waals surface area contributed by atoms with Crippen LogP contribution in [0.3, 0.4) is 0 Å². The number of hydrogen-bond donors (Lipinski definition) is 3. The molecule has 0 aliphatic rings. The topological polar surface area (TPSA) is 99.8 Å². The van der Waals surface area contributed by atoms with E-state index in [1.54, 1.807) is 5.38 Å². The predicted molar refractivity (Wildman–Crippen MR) is 83.0 cm³/mol. The van der Waals surface area contributed by atoms with Crippen LogP contribution in [0.25, 0.3) is 0 Å². The second kappa shape index (κ2) is 6.54. The van der Waals surface area contributed by atoms with Gasteiger partial charge in [-0.15, -0.1) is 11.3 Å². The standard InChI is InChI=1S/C12H19N5O2S2/c1-4-5-13-6-10-9(3)15-16-11(10)21(18,19)17-12-14-8(2)7-20-12/h7,13H,4-6H2,1-3H3,(H,14,17)(H,15,16). The third kappa shape index (κ3) is 3.80. The molecule has 2 rings (SSSR count). The summed E-state index contributed by atoms with van der Waals surface area (Å²) in [5, 5.41) is 12.0. The van der Waals surface area contributed by atoms with E-state index in [4.69, 9.17) is 0 Å². The largest absolute Gasteiger partial charge is 0.313 e. The summed E-state index contributed by atoms with van der Waals surface area (Å²) in [6.07, 6.45) is 0.982. The first-order chi connectivity index (χ1) is 9.94. The molecule has 0 fully saturated rings.